The van der Waals surface area contributed by atoms with Gasteiger partial charge in [-0.25, -0.2) is 4.79 Å². The van der Waals surface area contributed by atoms with Crippen molar-refractivity contribution in [1.82, 2.24) is 5.32 Å². The highest BCUT2D eigenvalue weighted by Crippen LogP contribution is 2.18. The third-order valence-electron chi connectivity index (χ3n) is 2.36. The Hall–Kier alpha value is -0.830. The van der Waals surface area contributed by atoms with Crippen molar-refractivity contribution < 1.29 is 9.90 Å². The summed E-state index contributed by atoms with van der Waals surface area (Å²) >= 11 is 0. The number of hydrogen-bond donors (Lipinski definition) is 2. The molecule has 0 aliphatic carbocycles. The first-order valence-corrected chi connectivity index (χ1v) is 4.87. The van der Waals surface area contributed by atoms with Gasteiger partial charge in [-0.2, -0.15) is 0 Å². The van der Waals surface area contributed by atoms with Gasteiger partial charge in [0.25, 0.3) is 0 Å². The molecule has 0 amide bonds. The van der Waals surface area contributed by atoms with Gasteiger partial charge in [-0.1, -0.05) is 26.3 Å². The van der Waals surface area contributed by atoms with Crippen LogP contribution in [0.4, 0.5) is 0 Å². The predicted octanol–water partition coefficient (Wildman–Crippen LogP) is 2.04. The van der Waals surface area contributed by atoms with Crippen LogP contribution in [0.5, 0.6) is 0 Å². The molecule has 0 saturated carbocycles. The second kappa shape index (κ2) is 5.15. The summed E-state index contributed by atoms with van der Waals surface area (Å²) in [5.41, 5.74) is 1.04. The molecule has 0 aromatic carbocycles. The van der Waals surface area contributed by atoms with Crippen LogP contribution in [0.3, 0.4) is 0 Å². The van der Waals surface area contributed by atoms with Gasteiger partial charge in [0.1, 0.15) is 0 Å². The summed E-state index contributed by atoms with van der Waals surface area (Å²) in [4.78, 5) is 10.3. The zero-order valence-electron chi connectivity index (χ0n) is 9.72. The summed E-state index contributed by atoms with van der Waals surface area (Å²) in [5.74, 6) is -0.882. The fourth-order valence-electron chi connectivity index (χ4n) is 0.882. The highest BCUT2D eigenvalue weighted by Gasteiger charge is 2.18. The number of aliphatic carboxylic acids is 1. The third-order valence-corrected chi connectivity index (χ3v) is 2.36. The van der Waals surface area contributed by atoms with Crippen LogP contribution in [0.2, 0.25) is 0 Å². The highest BCUT2D eigenvalue weighted by atomic mass is 16.4. The van der Waals surface area contributed by atoms with Crippen molar-refractivity contribution in [2.24, 2.45) is 5.41 Å². The van der Waals surface area contributed by atoms with E-state index >= 15 is 0 Å². The average Bonchev–Trinajstić information content (AvgIpc) is 1.96. The normalized spacial score (nSPS) is 15.4. The SMILES string of the molecule is CC(=CC(=O)O)CNC(C)C(C)(C)C. The molecule has 0 aliphatic heterocycles. The van der Waals surface area contributed by atoms with Gasteiger partial charge in [-0.3, -0.25) is 0 Å². The molecule has 0 heterocycles. The Bertz CT molecular complexity index is 226. The van der Waals surface area contributed by atoms with Gasteiger partial charge in [-0.15, -0.1) is 0 Å². The van der Waals surface area contributed by atoms with Crippen molar-refractivity contribution in [1.29, 1.82) is 0 Å². The van der Waals surface area contributed by atoms with Gasteiger partial charge in [0.05, 0.1) is 0 Å². The lowest BCUT2D eigenvalue weighted by molar-refractivity contribution is -0.131. The Morgan fingerprint density at radius 3 is 2.36 bits per heavy atom. The standard InChI is InChI=1S/C11H21NO2/c1-8(6-10(13)14)7-12-9(2)11(3,4)5/h6,9,12H,7H2,1-5H3,(H,13,14). The van der Waals surface area contributed by atoms with E-state index in [1.165, 1.54) is 6.08 Å². The molecular formula is C11H21NO2. The molecule has 0 aromatic rings. The number of hydrogen-bond acceptors (Lipinski definition) is 2. The zero-order chi connectivity index (χ0) is 11.4. The van der Waals surface area contributed by atoms with Gasteiger partial charge in [0.2, 0.25) is 0 Å². The minimum absolute atomic E-state index is 0.198. The van der Waals surface area contributed by atoms with Crippen LogP contribution in [0.1, 0.15) is 34.6 Å². The van der Waals surface area contributed by atoms with Gasteiger partial charge >= 0.3 is 5.97 Å². The van der Waals surface area contributed by atoms with Gasteiger partial charge < -0.3 is 10.4 Å². The van der Waals surface area contributed by atoms with Crippen LogP contribution in [-0.2, 0) is 4.79 Å². The van der Waals surface area contributed by atoms with E-state index in [1.54, 1.807) is 0 Å². The number of carboxylic acids is 1. The van der Waals surface area contributed by atoms with E-state index < -0.39 is 5.97 Å². The molecule has 3 heteroatoms. The smallest absolute Gasteiger partial charge is 0.328 e. The average molecular weight is 199 g/mol. The zero-order valence-corrected chi connectivity index (χ0v) is 9.72. The van der Waals surface area contributed by atoms with E-state index in [0.717, 1.165) is 5.57 Å². The fourth-order valence-corrected chi connectivity index (χ4v) is 0.882. The van der Waals surface area contributed by atoms with E-state index in [9.17, 15) is 4.79 Å². The Balaban J connectivity index is 4.01. The largest absolute Gasteiger partial charge is 0.478 e. The second-order valence-corrected chi connectivity index (χ2v) is 4.80. The van der Waals surface area contributed by atoms with Crippen molar-refractivity contribution in [3.05, 3.63) is 11.6 Å². The lowest BCUT2D eigenvalue weighted by Gasteiger charge is -2.28. The van der Waals surface area contributed by atoms with Crippen molar-refractivity contribution in [3.8, 4) is 0 Å². The fraction of sp³-hybridized carbons (Fsp3) is 0.727. The van der Waals surface area contributed by atoms with Crippen molar-refractivity contribution >= 4 is 5.97 Å². The summed E-state index contributed by atoms with van der Waals surface area (Å²) in [6.45, 7) is 11.0. The Morgan fingerprint density at radius 2 is 2.00 bits per heavy atom. The number of carbonyl (C=O) groups is 1. The first-order valence-electron chi connectivity index (χ1n) is 4.87. The maximum Gasteiger partial charge on any atom is 0.328 e. The molecule has 0 bridgehead atoms. The van der Waals surface area contributed by atoms with Crippen LogP contribution in [0, 0.1) is 5.41 Å². The summed E-state index contributed by atoms with van der Waals surface area (Å²) in [7, 11) is 0. The van der Waals surface area contributed by atoms with E-state index in [1.807, 2.05) is 6.92 Å². The Morgan fingerprint density at radius 1 is 1.50 bits per heavy atom. The van der Waals surface area contributed by atoms with E-state index in [0.29, 0.717) is 12.6 Å². The van der Waals surface area contributed by atoms with Gasteiger partial charge in [0.15, 0.2) is 0 Å². The van der Waals surface area contributed by atoms with E-state index in [4.69, 9.17) is 5.11 Å². The molecule has 0 aromatic heterocycles. The molecule has 1 unspecified atom stereocenters. The monoisotopic (exact) mass is 199 g/mol. The molecule has 0 fully saturated rings. The predicted molar refractivity (Wildman–Crippen MR) is 58.3 cm³/mol. The van der Waals surface area contributed by atoms with Gasteiger partial charge in [-0.05, 0) is 19.3 Å². The third kappa shape index (κ3) is 5.75. The van der Waals surface area contributed by atoms with Crippen LogP contribution in [0.25, 0.3) is 0 Å². The van der Waals surface area contributed by atoms with Crippen LogP contribution in [-0.4, -0.2) is 23.7 Å². The molecule has 1 atom stereocenters. The summed E-state index contributed by atoms with van der Waals surface area (Å²) < 4.78 is 0. The van der Waals surface area contributed by atoms with Crippen LogP contribution in [0.15, 0.2) is 11.6 Å². The minimum Gasteiger partial charge on any atom is -0.478 e. The lowest BCUT2D eigenvalue weighted by Crippen LogP contribution is -2.38. The molecule has 0 spiro atoms. The Kier molecular flexibility index (Phi) is 4.85. The summed E-state index contributed by atoms with van der Waals surface area (Å²) in [5, 5.41) is 11.8. The van der Waals surface area contributed by atoms with Crippen molar-refractivity contribution in [3.63, 3.8) is 0 Å². The molecule has 0 rings (SSSR count). The van der Waals surface area contributed by atoms with E-state index in [2.05, 4.69) is 33.0 Å². The molecular weight excluding hydrogens is 178 g/mol. The molecule has 82 valence electrons. The van der Waals surface area contributed by atoms with Crippen LogP contribution >= 0.6 is 0 Å². The topological polar surface area (TPSA) is 49.3 Å². The molecule has 0 saturated heterocycles. The van der Waals surface area contributed by atoms with Gasteiger partial charge in [0, 0.05) is 18.7 Å². The van der Waals surface area contributed by atoms with Crippen molar-refractivity contribution in [2.75, 3.05) is 6.54 Å². The quantitative estimate of drug-likeness (QED) is 0.681. The van der Waals surface area contributed by atoms with E-state index in [-0.39, 0.29) is 5.41 Å². The maximum absolute atomic E-state index is 10.3. The van der Waals surface area contributed by atoms with Crippen molar-refractivity contribution in [2.45, 2.75) is 40.7 Å². The summed E-state index contributed by atoms with van der Waals surface area (Å²) in [6.07, 6.45) is 1.24. The second-order valence-electron chi connectivity index (χ2n) is 4.80. The number of nitrogens with one attached hydrogen (secondary N) is 1. The summed E-state index contributed by atoms with van der Waals surface area (Å²) in [6, 6.07) is 0.361. The first kappa shape index (κ1) is 13.2. The lowest BCUT2D eigenvalue weighted by atomic mass is 9.88. The molecule has 3 nitrogen and oxygen atoms in total. The van der Waals surface area contributed by atoms with Crippen LogP contribution < -0.4 is 5.32 Å². The maximum atomic E-state index is 10.3. The molecule has 14 heavy (non-hydrogen) atoms. The Labute approximate surface area is 86.2 Å². The molecule has 2 N–H and O–H groups in total. The molecule has 0 radical (unpaired) electrons. The first-order chi connectivity index (χ1) is 6.23. The highest BCUT2D eigenvalue weighted by molar-refractivity contribution is 5.80. The molecule has 0 aliphatic rings. The number of rotatable bonds is 4. The minimum atomic E-state index is -0.882. The number of carboxylic acid groups (broad SMARTS) is 1.